The standard InChI is InChI=1S/H2N2S4/c1-3-5-2-6-4-1/h1-2H. The molecule has 0 spiro atoms. The first kappa shape index (κ1) is 5.46. The molecule has 0 bridgehead atoms. The van der Waals surface area contributed by atoms with Crippen molar-refractivity contribution in [2.24, 2.45) is 0 Å². The summed E-state index contributed by atoms with van der Waals surface area (Å²) in [6.45, 7) is 0. The van der Waals surface area contributed by atoms with E-state index in [0.717, 1.165) is 0 Å². The summed E-state index contributed by atoms with van der Waals surface area (Å²) in [5, 5.41) is 0. The van der Waals surface area contributed by atoms with Gasteiger partial charge in [-0.2, -0.15) is 8.25 Å². The average molecular weight is 158 g/mol. The highest BCUT2D eigenvalue weighted by molar-refractivity contribution is 8.89. The van der Waals surface area contributed by atoms with Crippen molar-refractivity contribution < 1.29 is 0 Å². The van der Waals surface area contributed by atoms with Crippen molar-refractivity contribution in [3.63, 3.8) is 0 Å². The highest BCUT2D eigenvalue weighted by atomic mass is 33.2. The highest BCUT2D eigenvalue weighted by Gasteiger charge is 1.96. The van der Waals surface area contributed by atoms with Gasteiger partial charge in [0, 0.05) is 43.9 Å². The van der Waals surface area contributed by atoms with Crippen LogP contribution in [0.1, 0.15) is 0 Å². The fraction of sp³-hybridized carbons (Fsp3) is 0. The van der Waals surface area contributed by atoms with Gasteiger partial charge in [0.25, 0.3) is 0 Å². The van der Waals surface area contributed by atoms with E-state index in [2.05, 4.69) is 8.25 Å². The third kappa shape index (κ3) is 1.85. The maximum Gasteiger partial charge on any atom is 0.0176 e. The summed E-state index contributed by atoms with van der Waals surface area (Å²) in [4.78, 5) is 0. The van der Waals surface area contributed by atoms with E-state index < -0.39 is 0 Å². The van der Waals surface area contributed by atoms with E-state index in [-0.39, 0.29) is 0 Å². The van der Waals surface area contributed by atoms with Crippen LogP contribution < -0.4 is 8.25 Å². The first-order chi connectivity index (χ1) is 3.00. The monoisotopic (exact) mass is 158 g/mol. The Bertz CT molecular complexity index is 21.0. The molecule has 1 aliphatic heterocycles. The first-order valence-corrected chi connectivity index (χ1v) is 5.45. The molecule has 6 heteroatoms. The summed E-state index contributed by atoms with van der Waals surface area (Å²) in [5.74, 6) is 0. The number of rotatable bonds is 0. The number of hydrogen-bond donors (Lipinski definition) is 2. The van der Waals surface area contributed by atoms with E-state index in [4.69, 9.17) is 0 Å². The summed E-state index contributed by atoms with van der Waals surface area (Å²) in [7, 11) is 6.37. The minimum Gasteiger partial charge on any atom is -0.187 e. The molecule has 0 aromatic rings. The molecule has 0 unspecified atom stereocenters. The van der Waals surface area contributed by atoms with Gasteiger partial charge < -0.3 is 0 Å². The second-order valence-electron chi connectivity index (χ2n) is 0.500. The summed E-state index contributed by atoms with van der Waals surface area (Å²) < 4.78 is 5.96. The molecule has 0 radical (unpaired) electrons. The lowest BCUT2D eigenvalue weighted by Crippen LogP contribution is -1.96. The predicted molar refractivity (Wildman–Crippen MR) is 36.6 cm³/mol. The van der Waals surface area contributed by atoms with Crippen molar-refractivity contribution in [2.75, 3.05) is 0 Å². The Morgan fingerprint density at radius 2 is 1.00 bits per heavy atom. The number of hydrogen-bond acceptors (Lipinski definition) is 6. The molecule has 0 aromatic heterocycles. The zero-order valence-corrected chi connectivity index (χ0v) is 5.90. The Hall–Kier alpha value is 1.32. The van der Waals surface area contributed by atoms with Crippen molar-refractivity contribution in [1.82, 2.24) is 8.25 Å². The lowest BCUT2D eigenvalue weighted by molar-refractivity contribution is 1.76. The van der Waals surface area contributed by atoms with Crippen LogP contribution in [-0.2, 0) is 0 Å². The van der Waals surface area contributed by atoms with Gasteiger partial charge in [-0.1, -0.05) is 0 Å². The Kier molecular flexibility index (Phi) is 3.04. The normalized spacial score (nSPS) is 24.0. The van der Waals surface area contributed by atoms with E-state index in [0.29, 0.717) is 0 Å². The molecule has 2 nitrogen and oxygen atoms in total. The molecule has 0 aromatic carbocycles. The second kappa shape index (κ2) is 3.34. The summed E-state index contributed by atoms with van der Waals surface area (Å²) in [6, 6.07) is 0. The third-order valence-corrected chi connectivity index (χ3v) is 4.42. The van der Waals surface area contributed by atoms with Crippen molar-refractivity contribution >= 4 is 43.9 Å². The molecule has 6 heavy (non-hydrogen) atoms. The average Bonchev–Trinajstić information content (AvgIpc) is 1.72. The summed E-state index contributed by atoms with van der Waals surface area (Å²) in [5.41, 5.74) is 0. The van der Waals surface area contributed by atoms with Crippen molar-refractivity contribution in [3.8, 4) is 0 Å². The summed E-state index contributed by atoms with van der Waals surface area (Å²) in [6.07, 6.45) is 0. The van der Waals surface area contributed by atoms with Gasteiger partial charge in [-0.15, -0.1) is 0 Å². The maximum atomic E-state index is 2.98. The molecule has 0 atom stereocenters. The van der Waals surface area contributed by atoms with Gasteiger partial charge in [0.15, 0.2) is 0 Å². The molecule has 1 heterocycles. The van der Waals surface area contributed by atoms with Crippen LogP contribution in [0.3, 0.4) is 0 Å². The van der Waals surface area contributed by atoms with E-state index in [9.17, 15) is 0 Å². The molecular formula is H2N2S4. The fourth-order valence-electron chi connectivity index (χ4n) is 0.0958. The van der Waals surface area contributed by atoms with Crippen LogP contribution in [0.2, 0.25) is 0 Å². The molecule has 1 saturated heterocycles. The van der Waals surface area contributed by atoms with Crippen LogP contribution in [0.15, 0.2) is 0 Å². The van der Waals surface area contributed by atoms with Gasteiger partial charge in [-0.25, -0.2) is 0 Å². The molecule has 2 N–H and O–H groups in total. The van der Waals surface area contributed by atoms with E-state index in [1.165, 1.54) is 0 Å². The van der Waals surface area contributed by atoms with E-state index in [1.54, 1.807) is 43.9 Å². The van der Waals surface area contributed by atoms with Crippen LogP contribution >= 0.6 is 43.9 Å². The maximum absolute atomic E-state index is 2.98. The fourth-order valence-corrected chi connectivity index (χ4v) is 4.09. The molecule has 1 aliphatic rings. The topological polar surface area (TPSA) is 24.1 Å². The van der Waals surface area contributed by atoms with Crippen LogP contribution in [0.5, 0.6) is 0 Å². The van der Waals surface area contributed by atoms with Crippen LogP contribution in [-0.4, -0.2) is 0 Å². The van der Waals surface area contributed by atoms with E-state index in [1.807, 2.05) is 0 Å². The van der Waals surface area contributed by atoms with Crippen molar-refractivity contribution in [1.29, 1.82) is 0 Å². The van der Waals surface area contributed by atoms with Crippen LogP contribution in [0.4, 0.5) is 0 Å². The van der Waals surface area contributed by atoms with Gasteiger partial charge in [0.05, 0.1) is 0 Å². The SMILES string of the molecule is N1SSNSS1. The minimum atomic E-state index is 1.59. The Morgan fingerprint density at radius 1 is 0.667 bits per heavy atom. The molecule has 0 amide bonds. The number of nitrogens with one attached hydrogen (secondary N) is 2. The van der Waals surface area contributed by atoms with Gasteiger partial charge in [-0.3, -0.25) is 0 Å². The van der Waals surface area contributed by atoms with Crippen LogP contribution in [0.25, 0.3) is 0 Å². The zero-order valence-electron chi connectivity index (χ0n) is 2.63. The van der Waals surface area contributed by atoms with E-state index >= 15 is 0 Å². The minimum absolute atomic E-state index is 1.59. The molecule has 36 valence electrons. The molecule has 1 rings (SSSR count). The van der Waals surface area contributed by atoms with Gasteiger partial charge in [-0.05, 0) is 0 Å². The zero-order chi connectivity index (χ0) is 4.24. The molecule has 0 saturated carbocycles. The van der Waals surface area contributed by atoms with Gasteiger partial charge in [0.1, 0.15) is 0 Å². The van der Waals surface area contributed by atoms with Crippen molar-refractivity contribution in [2.45, 2.75) is 0 Å². The second-order valence-corrected chi connectivity index (χ2v) is 4.50. The summed E-state index contributed by atoms with van der Waals surface area (Å²) >= 11 is 0. The lowest BCUT2D eigenvalue weighted by Gasteiger charge is -2.05. The lowest BCUT2D eigenvalue weighted by atomic mass is 13.9. The Morgan fingerprint density at radius 3 is 1.17 bits per heavy atom. The smallest absolute Gasteiger partial charge is 0.0176 e. The quantitative estimate of drug-likeness (QED) is 0.410. The largest absolute Gasteiger partial charge is 0.187 e. The predicted octanol–water partition coefficient (Wildman–Crippen LogP) is 1.60. The highest BCUT2D eigenvalue weighted by Crippen LogP contribution is 2.31. The molecule has 0 aliphatic carbocycles. The third-order valence-electron chi connectivity index (χ3n) is 0.219. The Labute approximate surface area is 52.3 Å². The first-order valence-electron chi connectivity index (χ1n) is 1.15. The van der Waals surface area contributed by atoms with Gasteiger partial charge >= 0.3 is 0 Å². The molecular weight excluding hydrogens is 156 g/mol. The van der Waals surface area contributed by atoms with Gasteiger partial charge in [0.2, 0.25) is 0 Å². The van der Waals surface area contributed by atoms with Crippen LogP contribution in [0, 0.1) is 0 Å². The Balaban J connectivity index is 2.00. The van der Waals surface area contributed by atoms with Crippen molar-refractivity contribution in [3.05, 3.63) is 0 Å². The molecule has 1 fully saturated rings.